The molecule has 0 aromatic heterocycles. The molecule has 7 atom stereocenters. The van der Waals surface area contributed by atoms with Gasteiger partial charge in [-0.3, -0.25) is 4.79 Å². The van der Waals surface area contributed by atoms with Crippen LogP contribution in [0.3, 0.4) is 0 Å². The number of rotatable bonds is 12. The van der Waals surface area contributed by atoms with E-state index in [0.29, 0.717) is 6.42 Å². The first kappa shape index (κ1) is 27.2. The first-order valence-corrected chi connectivity index (χ1v) is 11.1. The summed E-state index contributed by atoms with van der Waals surface area (Å²) < 4.78 is 11.2. The van der Waals surface area contributed by atoms with Gasteiger partial charge in [-0.1, -0.05) is 37.3 Å². The molecule has 1 fully saturated rings. The van der Waals surface area contributed by atoms with Crippen LogP contribution >= 0.6 is 0 Å². The van der Waals surface area contributed by atoms with Gasteiger partial charge in [-0.05, 0) is 30.7 Å². The van der Waals surface area contributed by atoms with E-state index in [-0.39, 0.29) is 12.5 Å². The number of hydrogen-bond donors (Lipinski definition) is 6. The third-order valence-electron chi connectivity index (χ3n) is 5.90. The van der Waals surface area contributed by atoms with Gasteiger partial charge in [0.2, 0.25) is 5.91 Å². The lowest BCUT2D eigenvalue weighted by Gasteiger charge is -2.46. The van der Waals surface area contributed by atoms with Gasteiger partial charge >= 0.3 is 5.97 Å². The van der Waals surface area contributed by atoms with Gasteiger partial charge in [-0.2, -0.15) is 0 Å². The Hall–Kier alpha value is -2.08. The van der Waals surface area contributed by atoms with Gasteiger partial charge in [0.1, 0.15) is 18.3 Å². The summed E-state index contributed by atoms with van der Waals surface area (Å²) in [5.41, 5.74) is 1.20. The Balaban J connectivity index is 2.06. The number of carboxylic acid groups (broad SMARTS) is 1. The van der Waals surface area contributed by atoms with Crippen molar-refractivity contribution in [3.63, 3.8) is 0 Å². The van der Waals surface area contributed by atoms with Gasteiger partial charge in [-0.25, -0.2) is 4.79 Å². The van der Waals surface area contributed by atoms with E-state index in [1.165, 1.54) is 12.5 Å². The van der Waals surface area contributed by atoms with E-state index in [1.54, 1.807) is 0 Å². The normalized spacial score (nSPS) is 28.0. The van der Waals surface area contributed by atoms with Gasteiger partial charge in [0.15, 0.2) is 0 Å². The molecule has 1 aromatic carbocycles. The SMILES string of the molecule is CC(=O)NC1C(O)CC(OCCC(C)CCc2ccccc2)(C(=O)O)OC1C(O)C(O)CO. The topological polar surface area (TPSA) is 166 Å². The molecule has 7 unspecified atom stereocenters. The number of benzene rings is 1. The van der Waals surface area contributed by atoms with Crippen LogP contribution in [0.2, 0.25) is 0 Å². The molecule has 0 spiro atoms. The van der Waals surface area contributed by atoms with Crippen LogP contribution in [-0.2, 0) is 25.5 Å². The van der Waals surface area contributed by atoms with Crippen molar-refractivity contribution in [2.24, 2.45) is 5.92 Å². The summed E-state index contributed by atoms with van der Waals surface area (Å²) in [6.07, 6.45) is -4.67. The minimum absolute atomic E-state index is 0.0190. The molecule has 1 amide bonds. The molecule has 6 N–H and O–H groups in total. The fraction of sp³-hybridized carbons (Fsp3) is 0.652. The van der Waals surface area contributed by atoms with E-state index in [4.69, 9.17) is 9.47 Å². The maximum absolute atomic E-state index is 12.1. The van der Waals surface area contributed by atoms with Crippen LogP contribution in [0.1, 0.15) is 38.7 Å². The average Bonchev–Trinajstić information content (AvgIpc) is 2.78. The third-order valence-corrected chi connectivity index (χ3v) is 5.90. The number of nitrogens with one attached hydrogen (secondary N) is 1. The molecule has 1 aliphatic heterocycles. The van der Waals surface area contributed by atoms with Gasteiger partial charge in [-0.15, -0.1) is 0 Å². The Kier molecular flexibility index (Phi) is 10.2. The summed E-state index contributed by atoms with van der Waals surface area (Å²) in [5.74, 6) is -4.12. The predicted octanol–water partition coefficient (Wildman–Crippen LogP) is -0.188. The Morgan fingerprint density at radius 3 is 2.48 bits per heavy atom. The Morgan fingerprint density at radius 1 is 1.24 bits per heavy atom. The molecule has 10 heteroatoms. The summed E-state index contributed by atoms with van der Waals surface area (Å²) in [7, 11) is 0. The number of ether oxygens (including phenoxy) is 2. The highest BCUT2D eigenvalue weighted by Gasteiger charge is 2.55. The number of aryl methyl sites for hydroxylation is 1. The minimum atomic E-state index is -2.28. The van der Waals surface area contributed by atoms with E-state index in [0.717, 1.165) is 12.8 Å². The molecular formula is C23H35NO9. The summed E-state index contributed by atoms with van der Waals surface area (Å²) in [4.78, 5) is 23.7. The van der Waals surface area contributed by atoms with Crippen LogP contribution < -0.4 is 5.32 Å². The van der Waals surface area contributed by atoms with E-state index >= 15 is 0 Å². The number of aliphatic hydroxyl groups is 4. The van der Waals surface area contributed by atoms with Gasteiger partial charge in [0.25, 0.3) is 5.79 Å². The fourth-order valence-corrected chi connectivity index (χ4v) is 3.90. The average molecular weight is 470 g/mol. The van der Waals surface area contributed by atoms with Crippen molar-refractivity contribution < 1.29 is 44.6 Å². The number of amides is 1. The second-order valence-electron chi connectivity index (χ2n) is 8.65. The quantitative estimate of drug-likeness (QED) is 0.243. The molecule has 186 valence electrons. The number of hydrogen-bond acceptors (Lipinski definition) is 8. The molecule has 33 heavy (non-hydrogen) atoms. The van der Waals surface area contributed by atoms with E-state index in [2.05, 4.69) is 5.32 Å². The Morgan fingerprint density at radius 2 is 1.91 bits per heavy atom. The molecule has 0 bridgehead atoms. The lowest BCUT2D eigenvalue weighted by molar-refractivity contribution is -0.311. The van der Waals surface area contributed by atoms with Crippen molar-refractivity contribution in [1.29, 1.82) is 0 Å². The summed E-state index contributed by atoms with van der Waals surface area (Å²) in [6.45, 7) is 2.40. The first-order chi connectivity index (χ1) is 15.6. The molecule has 1 aromatic rings. The second kappa shape index (κ2) is 12.4. The largest absolute Gasteiger partial charge is 0.477 e. The highest BCUT2D eigenvalue weighted by molar-refractivity contribution is 5.76. The number of carbonyl (C=O) groups is 2. The van der Waals surface area contributed by atoms with E-state index in [9.17, 15) is 35.1 Å². The number of carboxylic acids is 1. The molecule has 10 nitrogen and oxygen atoms in total. The standard InChI is InChI=1S/C23H35NO9/c1-14(8-9-16-6-4-3-5-7-16)10-11-32-23(22(30)31)12-17(27)19(24-15(2)26)21(33-23)20(29)18(28)13-25/h3-7,14,17-21,25,27-29H,8-13H2,1-2H3,(H,24,26)(H,30,31). The molecule has 0 radical (unpaired) electrons. The van der Waals surface area contributed by atoms with Crippen LogP contribution in [0.25, 0.3) is 0 Å². The van der Waals surface area contributed by atoms with Crippen LogP contribution in [0.15, 0.2) is 30.3 Å². The van der Waals surface area contributed by atoms with E-state index in [1.807, 2.05) is 37.3 Å². The zero-order chi connectivity index (χ0) is 24.6. The molecule has 2 rings (SSSR count). The summed E-state index contributed by atoms with van der Waals surface area (Å²) >= 11 is 0. The lowest BCUT2D eigenvalue weighted by Crippen LogP contribution is -2.67. The van der Waals surface area contributed by atoms with Crippen molar-refractivity contribution in [3.8, 4) is 0 Å². The van der Waals surface area contributed by atoms with Crippen molar-refractivity contribution in [2.45, 2.75) is 75.8 Å². The van der Waals surface area contributed by atoms with Crippen molar-refractivity contribution in [2.75, 3.05) is 13.2 Å². The van der Waals surface area contributed by atoms with Crippen molar-refractivity contribution >= 4 is 11.9 Å². The maximum Gasteiger partial charge on any atom is 0.364 e. The van der Waals surface area contributed by atoms with Gasteiger partial charge in [0.05, 0.1) is 25.4 Å². The van der Waals surface area contributed by atoms with E-state index < -0.39 is 61.1 Å². The zero-order valence-electron chi connectivity index (χ0n) is 19.0. The third kappa shape index (κ3) is 7.46. The molecule has 1 saturated heterocycles. The number of carbonyl (C=O) groups excluding carboxylic acids is 1. The zero-order valence-corrected chi connectivity index (χ0v) is 19.0. The highest BCUT2D eigenvalue weighted by atomic mass is 16.7. The summed E-state index contributed by atoms with van der Waals surface area (Å²) in [5, 5.41) is 52.3. The molecule has 0 aliphatic carbocycles. The van der Waals surface area contributed by atoms with Crippen LogP contribution in [0.4, 0.5) is 0 Å². The smallest absolute Gasteiger partial charge is 0.364 e. The number of aliphatic hydroxyl groups excluding tert-OH is 4. The fourth-order valence-electron chi connectivity index (χ4n) is 3.90. The second-order valence-corrected chi connectivity index (χ2v) is 8.65. The predicted molar refractivity (Wildman–Crippen MR) is 117 cm³/mol. The van der Waals surface area contributed by atoms with Gasteiger partial charge < -0.3 is 40.3 Å². The molecule has 1 heterocycles. The van der Waals surface area contributed by atoms with Crippen molar-refractivity contribution in [3.05, 3.63) is 35.9 Å². The lowest BCUT2D eigenvalue weighted by atomic mass is 9.88. The molecule has 1 aliphatic rings. The summed E-state index contributed by atoms with van der Waals surface area (Å²) in [6, 6.07) is 8.76. The molecular weight excluding hydrogens is 434 g/mol. The monoisotopic (exact) mass is 469 g/mol. The Bertz CT molecular complexity index is 762. The number of aliphatic carboxylic acids is 1. The first-order valence-electron chi connectivity index (χ1n) is 11.1. The molecule has 0 saturated carbocycles. The van der Waals surface area contributed by atoms with Crippen LogP contribution in [0.5, 0.6) is 0 Å². The van der Waals surface area contributed by atoms with Gasteiger partial charge in [0, 0.05) is 13.3 Å². The Labute approximate surface area is 193 Å². The van der Waals surface area contributed by atoms with Crippen LogP contribution in [-0.4, -0.2) is 86.9 Å². The maximum atomic E-state index is 12.1. The highest BCUT2D eigenvalue weighted by Crippen LogP contribution is 2.34. The minimum Gasteiger partial charge on any atom is -0.477 e. The van der Waals surface area contributed by atoms with Crippen LogP contribution in [0, 0.1) is 5.92 Å². The van der Waals surface area contributed by atoms with Crippen molar-refractivity contribution in [1.82, 2.24) is 5.32 Å².